The molecule has 2 N–H and O–H groups in total. The van der Waals surface area contributed by atoms with Crippen LogP contribution in [0, 0.1) is 5.92 Å². The topological polar surface area (TPSA) is 56.3 Å². The smallest absolute Gasteiger partial charge is 0.227 e. The summed E-state index contributed by atoms with van der Waals surface area (Å²) in [4.78, 5) is 14.6. The highest BCUT2D eigenvalue weighted by Gasteiger charge is 2.24. The van der Waals surface area contributed by atoms with Crippen molar-refractivity contribution in [3.05, 3.63) is 11.3 Å². The molecule has 2 saturated heterocycles. The molecule has 0 bridgehead atoms. The van der Waals surface area contributed by atoms with E-state index in [-0.39, 0.29) is 0 Å². The van der Waals surface area contributed by atoms with Crippen LogP contribution in [0.25, 0.3) is 0 Å². The molecule has 28 heavy (non-hydrogen) atoms. The zero-order chi connectivity index (χ0) is 19.9. The highest BCUT2D eigenvalue weighted by Crippen LogP contribution is 2.29. The van der Waals surface area contributed by atoms with Gasteiger partial charge in [0, 0.05) is 44.3 Å². The van der Waals surface area contributed by atoms with Gasteiger partial charge in [0.15, 0.2) is 0 Å². The van der Waals surface area contributed by atoms with E-state index >= 15 is 0 Å². The number of rotatable bonds is 4. The highest BCUT2D eigenvalue weighted by atomic mass is 32.1. The van der Waals surface area contributed by atoms with E-state index in [4.69, 9.17) is 9.97 Å². The average Bonchev–Trinajstić information content (AvgIpc) is 3.22. The van der Waals surface area contributed by atoms with Gasteiger partial charge in [-0.2, -0.15) is 17.6 Å². The first-order valence-electron chi connectivity index (χ1n) is 11.0. The van der Waals surface area contributed by atoms with Crippen LogP contribution in [0.4, 0.5) is 11.8 Å². The van der Waals surface area contributed by atoms with Gasteiger partial charge in [-0.3, -0.25) is 0 Å². The molecule has 2 fully saturated rings. The molecule has 1 unspecified atom stereocenters. The summed E-state index contributed by atoms with van der Waals surface area (Å²) in [5.74, 6) is 3.79. The van der Waals surface area contributed by atoms with E-state index in [1.807, 2.05) is 0 Å². The van der Waals surface area contributed by atoms with Crippen molar-refractivity contribution in [2.75, 3.05) is 62.3 Å². The Hall–Kier alpha value is -1.05. The fraction of sp³-hybridized carbons (Fsp3) is 0.810. The summed E-state index contributed by atoms with van der Waals surface area (Å²) in [7, 11) is 2.19. The molecule has 0 amide bonds. The number of hydrogen-bond donors (Lipinski definition) is 3. The SMILES string of the molecule is CC(C)CS.CN1CCN(c2nc3c(c(NC4CCNC4)n2)CCCC3)CC1. The molecule has 1 atom stereocenters. The molecule has 3 aliphatic rings. The third-order valence-corrected chi connectivity index (χ3v) is 6.45. The Balaban J connectivity index is 0.000000403. The van der Waals surface area contributed by atoms with Crippen LogP contribution >= 0.6 is 12.6 Å². The normalized spacial score (nSPS) is 22.6. The largest absolute Gasteiger partial charge is 0.366 e. The summed E-state index contributed by atoms with van der Waals surface area (Å²) in [6.07, 6.45) is 5.94. The molecule has 0 aromatic carbocycles. The monoisotopic (exact) mass is 406 g/mol. The predicted molar refractivity (Wildman–Crippen MR) is 122 cm³/mol. The zero-order valence-electron chi connectivity index (χ0n) is 17.9. The maximum absolute atomic E-state index is 4.96. The Morgan fingerprint density at radius 3 is 2.50 bits per heavy atom. The molecular weight excluding hydrogens is 368 g/mol. The number of anilines is 2. The molecule has 0 saturated carbocycles. The van der Waals surface area contributed by atoms with Crippen molar-refractivity contribution in [2.45, 2.75) is 52.0 Å². The Morgan fingerprint density at radius 1 is 1.14 bits per heavy atom. The zero-order valence-corrected chi connectivity index (χ0v) is 18.8. The highest BCUT2D eigenvalue weighted by molar-refractivity contribution is 7.80. The number of nitrogens with zero attached hydrogens (tertiary/aromatic N) is 4. The van der Waals surface area contributed by atoms with Crippen LogP contribution in [0.1, 0.15) is 44.4 Å². The molecule has 0 spiro atoms. The minimum absolute atomic E-state index is 0.510. The van der Waals surface area contributed by atoms with Gasteiger partial charge in [-0.25, -0.2) is 4.98 Å². The maximum atomic E-state index is 4.96. The molecule has 158 valence electrons. The van der Waals surface area contributed by atoms with Gasteiger partial charge in [0.1, 0.15) is 5.82 Å². The van der Waals surface area contributed by atoms with Crippen molar-refractivity contribution in [2.24, 2.45) is 5.92 Å². The van der Waals surface area contributed by atoms with Gasteiger partial charge in [0.05, 0.1) is 5.69 Å². The summed E-state index contributed by atoms with van der Waals surface area (Å²) in [5, 5.41) is 7.14. The van der Waals surface area contributed by atoms with Crippen LogP contribution in [-0.2, 0) is 12.8 Å². The van der Waals surface area contributed by atoms with Gasteiger partial charge in [-0.15, -0.1) is 0 Å². The molecule has 3 heterocycles. The minimum atomic E-state index is 0.510. The Kier molecular flexibility index (Phi) is 8.23. The minimum Gasteiger partial charge on any atom is -0.366 e. The molecule has 4 rings (SSSR count). The standard InChI is InChI=1S/C17H28N6.C4H10S/c1-22-8-10-23(11-9-22)17-20-15-5-3-2-4-14(15)16(21-17)19-13-6-7-18-12-13;1-4(2)3-5/h13,18H,2-12H2,1H3,(H,19,20,21);4-5H,3H2,1-2H3. The third kappa shape index (κ3) is 5.97. The predicted octanol–water partition coefficient (Wildman–Crippen LogP) is 2.45. The fourth-order valence-corrected chi connectivity index (χ4v) is 3.82. The fourth-order valence-electron chi connectivity index (χ4n) is 3.82. The first-order chi connectivity index (χ1) is 13.6. The first-order valence-corrected chi connectivity index (χ1v) is 11.6. The van der Waals surface area contributed by atoms with Crippen LogP contribution in [-0.4, -0.2) is 73.0 Å². The summed E-state index contributed by atoms with van der Waals surface area (Å²) in [6.45, 7) is 10.7. The number of thiol groups is 1. The van der Waals surface area contributed by atoms with Gasteiger partial charge < -0.3 is 20.4 Å². The lowest BCUT2D eigenvalue weighted by Gasteiger charge is -2.33. The van der Waals surface area contributed by atoms with E-state index < -0.39 is 0 Å². The van der Waals surface area contributed by atoms with Crippen LogP contribution in [0.3, 0.4) is 0 Å². The van der Waals surface area contributed by atoms with Crippen LogP contribution in [0.5, 0.6) is 0 Å². The number of aromatic nitrogens is 2. The van der Waals surface area contributed by atoms with E-state index in [9.17, 15) is 0 Å². The van der Waals surface area contributed by atoms with Gasteiger partial charge >= 0.3 is 0 Å². The summed E-state index contributed by atoms with van der Waals surface area (Å²) in [5.41, 5.74) is 2.66. The average molecular weight is 407 g/mol. The Labute approximate surface area is 176 Å². The Morgan fingerprint density at radius 2 is 1.86 bits per heavy atom. The summed E-state index contributed by atoms with van der Waals surface area (Å²) in [6, 6.07) is 0.510. The van der Waals surface area contributed by atoms with Gasteiger partial charge in [-0.05, 0) is 57.4 Å². The number of hydrogen-bond acceptors (Lipinski definition) is 7. The lowest BCUT2D eigenvalue weighted by atomic mass is 9.96. The van der Waals surface area contributed by atoms with E-state index in [1.165, 1.54) is 30.5 Å². The number of likely N-dealkylation sites (N-methyl/N-ethyl adjacent to an activating group) is 1. The van der Waals surface area contributed by atoms with Crippen LogP contribution in [0.2, 0.25) is 0 Å². The molecule has 1 aliphatic carbocycles. The summed E-state index contributed by atoms with van der Waals surface area (Å²) < 4.78 is 0. The summed E-state index contributed by atoms with van der Waals surface area (Å²) >= 11 is 4.02. The van der Waals surface area contributed by atoms with E-state index in [2.05, 4.69) is 54.0 Å². The second-order valence-electron chi connectivity index (χ2n) is 8.71. The van der Waals surface area contributed by atoms with Crippen molar-refractivity contribution in [3.8, 4) is 0 Å². The molecule has 2 aliphatic heterocycles. The van der Waals surface area contributed by atoms with Gasteiger partial charge in [0.25, 0.3) is 0 Å². The first kappa shape index (κ1) is 21.7. The van der Waals surface area contributed by atoms with Gasteiger partial charge in [0.2, 0.25) is 5.95 Å². The second kappa shape index (κ2) is 10.6. The van der Waals surface area contributed by atoms with E-state index in [0.717, 1.165) is 75.5 Å². The number of fused-ring (bicyclic) bond motifs is 1. The second-order valence-corrected chi connectivity index (χ2v) is 9.07. The lowest BCUT2D eigenvalue weighted by molar-refractivity contribution is 0.311. The Bertz CT molecular complexity index is 609. The number of nitrogens with one attached hydrogen (secondary N) is 2. The number of piperazine rings is 1. The lowest BCUT2D eigenvalue weighted by Crippen LogP contribution is -2.45. The molecular formula is C21H38N6S. The van der Waals surface area contributed by atoms with Crippen LogP contribution in [0.15, 0.2) is 0 Å². The van der Waals surface area contributed by atoms with Crippen molar-refractivity contribution >= 4 is 24.4 Å². The maximum Gasteiger partial charge on any atom is 0.227 e. The molecule has 7 heteroatoms. The van der Waals surface area contributed by atoms with Gasteiger partial charge in [-0.1, -0.05) is 13.8 Å². The van der Waals surface area contributed by atoms with E-state index in [1.54, 1.807) is 0 Å². The van der Waals surface area contributed by atoms with Crippen molar-refractivity contribution in [1.82, 2.24) is 20.2 Å². The quantitative estimate of drug-likeness (QED) is 0.668. The van der Waals surface area contributed by atoms with Crippen LogP contribution < -0.4 is 15.5 Å². The van der Waals surface area contributed by atoms with Crippen molar-refractivity contribution < 1.29 is 0 Å². The number of aryl methyl sites for hydroxylation is 1. The molecule has 1 aromatic rings. The molecule has 6 nitrogen and oxygen atoms in total. The molecule has 0 radical (unpaired) electrons. The van der Waals surface area contributed by atoms with E-state index in [0.29, 0.717) is 6.04 Å². The molecule has 1 aromatic heterocycles. The third-order valence-electron chi connectivity index (χ3n) is 5.72. The van der Waals surface area contributed by atoms with Crippen molar-refractivity contribution in [1.29, 1.82) is 0 Å². The van der Waals surface area contributed by atoms with Crippen molar-refractivity contribution in [3.63, 3.8) is 0 Å².